The fourth-order valence-electron chi connectivity index (χ4n) is 2.49. The van der Waals surface area contributed by atoms with Gasteiger partial charge in [-0.1, -0.05) is 0 Å². The molecule has 0 bridgehead atoms. The maximum atomic E-state index is 13.1. The Morgan fingerprint density at radius 1 is 1.24 bits per heavy atom. The number of halogens is 3. The lowest BCUT2D eigenvalue weighted by Gasteiger charge is -2.29. The first-order chi connectivity index (χ1) is 9.95. The number of hydrogen-bond donors (Lipinski definition) is 2. The van der Waals surface area contributed by atoms with Gasteiger partial charge in [0.2, 0.25) is 0 Å². The zero-order valence-corrected chi connectivity index (χ0v) is 11.6. The van der Waals surface area contributed by atoms with Gasteiger partial charge in [-0.3, -0.25) is 0 Å². The van der Waals surface area contributed by atoms with Crippen molar-refractivity contribution in [3.8, 4) is 5.75 Å². The fraction of sp³-hybridized carbons (Fsp3) is 0.615. The molecule has 21 heavy (non-hydrogen) atoms. The number of hydrazine groups is 1. The van der Waals surface area contributed by atoms with Crippen LogP contribution in [-0.2, 0) is 10.9 Å². The minimum atomic E-state index is -4.59. The molecule has 8 heteroatoms. The molecule has 0 aliphatic heterocycles. The van der Waals surface area contributed by atoms with Crippen LogP contribution < -0.4 is 16.0 Å². The summed E-state index contributed by atoms with van der Waals surface area (Å²) in [6.07, 6.45) is -0.593. The van der Waals surface area contributed by atoms with Gasteiger partial charge in [-0.2, -0.15) is 13.2 Å². The highest BCUT2D eigenvalue weighted by Crippen LogP contribution is 2.41. The largest absolute Gasteiger partial charge is 0.490 e. The zero-order valence-electron chi connectivity index (χ0n) is 11.6. The van der Waals surface area contributed by atoms with Crippen LogP contribution in [0, 0.1) is 0 Å². The van der Waals surface area contributed by atoms with Gasteiger partial charge in [0.1, 0.15) is 11.3 Å². The van der Waals surface area contributed by atoms with Crippen molar-refractivity contribution in [3.05, 3.63) is 17.8 Å². The number of pyridine rings is 1. The standard InChI is InChI=1S/C13H18F3N3O2/c1-20-8-2-4-9(5-3-8)21-10-6-7-18-12(19-17)11(10)13(14,15)16/h6-9H,2-5,17H2,1H3,(H,18,19). The van der Waals surface area contributed by atoms with Gasteiger partial charge in [0.05, 0.1) is 12.2 Å². The lowest BCUT2D eigenvalue weighted by molar-refractivity contribution is -0.139. The van der Waals surface area contributed by atoms with Crippen molar-refractivity contribution in [3.63, 3.8) is 0 Å². The van der Waals surface area contributed by atoms with Gasteiger partial charge in [-0.05, 0) is 31.7 Å². The summed E-state index contributed by atoms with van der Waals surface area (Å²) in [5.74, 6) is 4.42. The van der Waals surface area contributed by atoms with Gasteiger partial charge >= 0.3 is 6.18 Å². The van der Waals surface area contributed by atoms with E-state index in [-0.39, 0.29) is 18.0 Å². The number of hydrogen-bond acceptors (Lipinski definition) is 5. The molecule has 0 radical (unpaired) electrons. The molecule has 1 aliphatic carbocycles. The SMILES string of the molecule is COC1CCC(Oc2ccnc(NN)c2C(F)(F)F)CC1. The average Bonchev–Trinajstić information content (AvgIpc) is 2.46. The molecule has 1 aromatic heterocycles. The maximum absolute atomic E-state index is 13.1. The molecule has 0 atom stereocenters. The van der Waals surface area contributed by atoms with Crippen LogP contribution in [0.5, 0.6) is 5.75 Å². The Hall–Kier alpha value is -1.54. The Morgan fingerprint density at radius 2 is 1.86 bits per heavy atom. The van der Waals surface area contributed by atoms with E-state index in [1.54, 1.807) is 7.11 Å². The first-order valence-corrected chi connectivity index (χ1v) is 6.68. The highest BCUT2D eigenvalue weighted by atomic mass is 19.4. The number of nitrogens with two attached hydrogens (primary N) is 1. The van der Waals surface area contributed by atoms with E-state index in [0.29, 0.717) is 12.8 Å². The summed E-state index contributed by atoms with van der Waals surface area (Å²) in [5, 5.41) is 0. The van der Waals surface area contributed by atoms with E-state index in [1.165, 1.54) is 12.3 Å². The molecule has 0 unspecified atom stereocenters. The third kappa shape index (κ3) is 3.76. The second-order valence-electron chi connectivity index (χ2n) is 4.93. The van der Waals surface area contributed by atoms with Gasteiger partial charge < -0.3 is 14.9 Å². The van der Waals surface area contributed by atoms with Crippen molar-refractivity contribution in [2.45, 2.75) is 44.1 Å². The van der Waals surface area contributed by atoms with Crippen molar-refractivity contribution in [2.75, 3.05) is 12.5 Å². The third-order valence-electron chi connectivity index (χ3n) is 3.58. The molecule has 3 N–H and O–H groups in total. The molecule has 1 heterocycles. The molecule has 5 nitrogen and oxygen atoms in total. The molecular formula is C13H18F3N3O2. The first kappa shape index (κ1) is 15.8. The van der Waals surface area contributed by atoms with Gasteiger partial charge in [-0.25, -0.2) is 10.8 Å². The van der Waals surface area contributed by atoms with Crippen molar-refractivity contribution < 1.29 is 22.6 Å². The van der Waals surface area contributed by atoms with Crippen LogP contribution in [0.1, 0.15) is 31.2 Å². The summed E-state index contributed by atoms with van der Waals surface area (Å²) < 4.78 is 50.2. The molecule has 118 valence electrons. The van der Waals surface area contributed by atoms with Crippen molar-refractivity contribution in [2.24, 2.45) is 5.84 Å². The molecule has 0 saturated heterocycles. The Bertz CT molecular complexity index is 474. The maximum Gasteiger partial charge on any atom is 0.423 e. The lowest BCUT2D eigenvalue weighted by atomic mass is 9.95. The van der Waals surface area contributed by atoms with Crippen molar-refractivity contribution in [1.82, 2.24) is 4.98 Å². The number of methoxy groups -OCH3 is 1. The van der Waals surface area contributed by atoms with E-state index < -0.39 is 17.6 Å². The summed E-state index contributed by atoms with van der Waals surface area (Å²) in [6, 6.07) is 1.21. The predicted octanol–water partition coefficient (Wildman–Crippen LogP) is 2.72. The number of rotatable bonds is 4. The van der Waals surface area contributed by atoms with E-state index in [2.05, 4.69) is 4.98 Å². The van der Waals surface area contributed by atoms with Crippen LogP contribution in [0.25, 0.3) is 0 Å². The molecule has 1 fully saturated rings. The molecular weight excluding hydrogens is 287 g/mol. The highest BCUT2D eigenvalue weighted by molar-refractivity contribution is 5.52. The summed E-state index contributed by atoms with van der Waals surface area (Å²) in [6.45, 7) is 0. The summed E-state index contributed by atoms with van der Waals surface area (Å²) in [4.78, 5) is 3.59. The normalized spacial score (nSPS) is 22.9. The minimum absolute atomic E-state index is 0.158. The van der Waals surface area contributed by atoms with E-state index in [0.717, 1.165) is 12.8 Å². The second kappa shape index (κ2) is 6.48. The smallest absolute Gasteiger partial charge is 0.423 e. The van der Waals surface area contributed by atoms with Crippen molar-refractivity contribution >= 4 is 5.82 Å². The molecule has 1 aromatic rings. The Morgan fingerprint density at radius 3 is 2.38 bits per heavy atom. The van der Waals surface area contributed by atoms with E-state index in [4.69, 9.17) is 15.3 Å². The molecule has 1 saturated carbocycles. The number of anilines is 1. The number of alkyl halides is 3. The molecule has 0 aromatic carbocycles. The van der Waals surface area contributed by atoms with Crippen LogP contribution in [0.2, 0.25) is 0 Å². The van der Waals surface area contributed by atoms with Gasteiger partial charge in [0, 0.05) is 13.3 Å². The topological polar surface area (TPSA) is 69.4 Å². The molecule has 1 aliphatic rings. The van der Waals surface area contributed by atoms with E-state index >= 15 is 0 Å². The quantitative estimate of drug-likeness (QED) is 0.661. The molecule has 0 spiro atoms. The summed E-state index contributed by atoms with van der Waals surface area (Å²) in [7, 11) is 1.63. The Kier molecular flexibility index (Phi) is 4.89. The number of ether oxygens (including phenoxy) is 2. The highest BCUT2D eigenvalue weighted by Gasteiger charge is 2.39. The van der Waals surface area contributed by atoms with E-state index in [1.807, 2.05) is 5.43 Å². The Labute approximate surface area is 120 Å². The Balaban J connectivity index is 2.17. The van der Waals surface area contributed by atoms with Crippen LogP contribution in [0.4, 0.5) is 19.0 Å². The number of nitrogen functional groups attached to an aromatic ring is 1. The third-order valence-corrected chi connectivity index (χ3v) is 3.58. The lowest BCUT2D eigenvalue weighted by Crippen LogP contribution is -2.28. The predicted molar refractivity (Wildman–Crippen MR) is 70.7 cm³/mol. The average molecular weight is 305 g/mol. The van der Waals surface area contributed by atoms with Crippen LogP contribution >= 0.6 is 0 Å². The summed E-state index contributed by atoms with van der Waals surface area (Å²) >= 11 is 0. The van der Waals surface area contributed by atoms with Gasteiger partial charge in [0.15, 0.2) is 5.82 Å². The van der Waals surface area contributed by atoms with Crippen LogP contribution in [0.15, 0.2) is 12.3 Å². The summed E-state index contributed by atoms with van der Waals surface area (Å²) in [5.41, 5.74) is 0.994. The minimum Gasteiger partial charge on any atom is -0.490 e. The number of aromatic nitrogens is 1. The number of nitrogens with one attached hydrogen (secondary N) is 1. The number of nitrogens with zero attached hydrogens (tertiary/aromatic N) is 1. The van der Waals surface area contributed by atoms with E-state index in [9.17, 15) is 13.2 Å². The van der Waals surface area contributed by atoms with Gasteiger partial charge in [0.25, 0.3) is 0 Å². The van der Waals surface area contributed by atoms with Crippen LogP contribution in [-0.4, -0.2) is 24.3 Å². The monoisotopic (exact) mass is 305 g/mol. The first-order valence-electron chi connectivity index (χ1n) is 6.68. The molecule has 0 amide bonds. The van der Waals surface area contributed by atoms with Crippen molar-refractivity contribution in [1.29, 1.82) is 0 Å². The van der Waals surface area contributed by atoms with Gasteiger partial charge in [-0.15, -0.1) is 0 Å². The van der Waals surface area contributed by atoms with Crippen LogP contribution in [0.3, 0.4) is 0 Å². The fourth-order valence-corrected chi connectivity index (χ4v) is 2.49. The zero-order chi connectivity index (χ0) is 15.5. The second-order valence-corrected chi connectivity index (χ2v) is 4.93. The molecule has 2 rings (SSSR count).